The highest BCUT2D eigenvalue weighted by Crippen LogP contribution is 2.42. The third-order valence-corrected chi connectivity index (χ3v) is 8.05. The van der Waals surface area contributed by atoms with Crippen LogP contribution in [0.3, 0.4) is 0 Å². The predicted molar refractivity (Wildman–Crippen MR) is 144 cm³/mol. The number of carbonyl (C=O) groups is 3. The molecule has 0 bridgehead atoms. The third-order valence-electron chi connectivity index (χ3n) is 7.48. The Morgan fingerprint density at radius 3 is 2.16 bits per heavy atom. The van der Waals surface area contributed by atoms with Crippen LogP contribution < -0.4 is 0 Å². The van der Waals surface area contributed by atoms with Crippen LogP contribution in [0.15, 0.2) is 18.6 Å². The number of pyridine rings is 1. The molecule has 2 aromatic rings. The third kappa shape index (κ3) is 7.62. The molecule has 1 saturated carbocycles. The summed E-state index contributed by atoms with van der Waals surface area (Å²) in [5.74, 6) is -3.85. The second kappa shape index (κ2) is 13.0. The number of nitrogens with zero attached hydrogens (tertiary/aromatic N) is 4. The molecule has 0 aromatic carbocycles. The van der Waals surface area contributed by atoms with E-state index in [0.717, 1.165) is 26.2 Å². The number of hydrogen-bond donors (Lipinski definition) is 0. The highest BCUT2D eigenvalue weighted by Gasteiger charge is 2.50. The minimum atomic E-state index is -5.14. The van der Waals surface area contributed by atoms with E-state index >= 15 is 0 Å². The predicted octanol–water partition coefficient (Wildman–Crippen LogP) is 7.06. The van der Waals surface area contributed by atoms with Crippen LogP contribution in [-0.2, 0) is 15.7 Å². The number of carbonyl (C=O) groups excluding carboxylic acids is 3. The number of aromatic nitrogens is 3. The topological polar surface area (TPSA) is 94.4 Å². The summed E-state index contributed by atoms with van der Waals surface area (Å²) < 4.78 is 90.7. The van der Waals surface area contributed by atoms with Gasteiger partial charge in [-0.1, -0.05) is 30.1 Å². The lowest BCUT2D eigenvalue weighted by atomic mass is 9.78. The number of Topliss-reactive ketones (excluding diaryl/α,β-unsaturated/α-hetero) is 1. The van der Waals surface area contributed by atoms with Crippen LogP contribution in [0.2, 0.25) is 10.0 Å². The molecule has 1 amide bonds. The second-order valence-corrected chi connectivity index (χ2v) is 11.9. The molecule has 1 aliphatic carbocycles. The molecule has 43 heavy (non-hydrogen) atoms. The van der Waals surface area contributed by atoms with E-state index in [1.54, 1.807) is 13.8 Å². The molecule has 2 aromatic heterocycles. The lowest BCUT2D eigenvalue weighted by molar-refractivity contribution is -0.214. The first kappa shape index (κ1) is 34.6. The highest BCUT2D eigenvalue weighted by molar-refractivity contribution is 6.39. The molecule has 0 saturated heterocycles. The van der Waals surface area contributed by atoms with Crippen molar-refractivity contribution in [1.82, 2.24) is 19.7 Å². The summed E-state index contributed by atoms with van der Waals surface area (Å²) in [4.78, 5) is 43.1. The summed E-state index contributed by atoms with van der Waals surface area (Å²) in [7, 11) is 0. The molecular formula is C27H30Cl2F6N4O4. The molecule has 0 N–H and O–H groups in total. The van der Waals surface area contributed by atoms with Crippen LogP contribution in [0.5, 0.6) is 0 Å². The fraction of sp³-hybridized carbons (Fsp3) is 0.593. The minimum absolute atomic E-state index is 0.101. The minimum Gasteiger partial charge on any atom is -0.466 e. The Kier molecular flexibility index (Phi) is 10.5. The fourth-order valence-electron chi connectivity index (χ4n) is 5.13. The molecule has 1 fully saturated rings. The summed E-state index contributed by atoms with van der Waals surface area (Å²) in [5.41, 5.74) is -5.46. The first-order valence-corrected chi connectivity index (χ1v) is 14.0. The van der Waals surface area contributed by atoms with Crippen LogP contribution in [-0.4, -0.2) is 63.2 Å². The summed E-state index contributed by atoms with van der Waals surface area (Å²) in [6.45, 7) is 2.76. The van der Waals surface area contributed by atoms with E-state index in [2.05, 4.69) is 10.1 Å². The lowest BCUT2D eigenvalue weighted by Gasteiger charge is -2.35. The van der Waals surface area contributed by atoms with Gasteiger partial charge in [-0.25, -0.2) is 0 Å². The van der Waals surface area contributed by atoms with Crippen molar-refractivity contribution < 1.29 is 45.5 Å². The Morgan fingerprint density at radius 1 is 1.05 bits per heavy atom. The van der Waals surface area contributed by atoms with Crippen LogP contribution in [0, 0.1) is 17.3 Å². The van der Waals surface area contributed by atoms with Gasteiger partial charge in [0.2, 0.25) is 0 Å². The number of esters is 1. The Bertz CT molecular complexity index is 1340. The maximum Gasteiger partial charge on any atom is 0.433 e. The molecule has 1 aliphatic rings. The lowest BCUT2D eigenvalue weighted by Crippen LogP contribution is -2.48. The number of ketones is 1. The van der Waals surface area contributed by atoms with E-state index in [1.807, 2.05) is 0 Å². The largest absolute Gasteiger partial charge is 0.466 e. The molecule has 2 heterocycles. The summed E-state index contributed by atoms with van der Waals surface area (Å²) in [6.07, 6.45) is -6.87. The van der Waals surface area contributed by atoms with Crippen LogP contribution >= 0.6 is 23.2 Å². The average molecular weight is 659 g/mol. The Labute approximate surface area is 253 Å². The number of alkyl halides is 6. The zero-order valence-corrected chi connectivity index (χ0v) is 25.2. The van der Waals surface area contributed by atoms with Crippen LogP contribution in [0.4, 0.5) is 26.3 Å². The van der Waals surface area contributed by atoms with Gasteiger partial charge in [0.1, 0.15) is 0 Å². The monoisotopic (exact) mass is 658 g/mol. The molecule has 0 spiro atoms. The van der Waals surface area contributed by atoms with Crippen molar-refractivity contribution >= 4 is 40.9 Å². The van der Waals surface area contributed by atoms with Crippen LogP contribution in [0.25, 0.3) is 0 Å². The van der Waals surface area contributed by atoms with Gasteiger partial charge in [0.15, 0.2) is 11.5 Å². The maximum atomic E-state index is 14.5. The highest BCUT2D eigenvalue weighted by atomic mass is 35.5. The Hall–Kier alpha value is -2.87. The van der Waals surface area contributed by atoms with Gasteiger partial charge in [0, 0.05) is 18.9 Å². The van der Waals surface area contributed by atoms with Crippen molar-refractivity contribution in [3.63, 3.8) is 0 Å². The average Bonchev–Trinajstić information content (AvgIpc) is 3.33. The van der Waals surface area contributed by atoms with E-state index in [4.69, 9.17) is 27.9 Å². The summed E-state index contributed by atoms with van der Waals surface area (Å²) in [5, 5.41) is 3.33. The Morgan fingerprint density at radius 2 is 1.65 bits per heavy atom. The number of hydrogen-bond acceptors (Lipinski definition) is 6. The van der Waals surface area contributed by atoms with Gasteiger partial charge in [-0.05, 0) is 46.0 Å². The van der Waals surface area contributed by atoms with Gasteiger partial charge < -0.3 is 9.64 Å². The normalized spacial score (nSPS) is 19.7. The number of ether oxygens (including phenoxy) is 1. The van der Waals surface area contributed by atoms with Crippen molar-refractivity contribution in [2.45, 2.75) is 65.4 Å². The van der Waals surface area contributed by atoms with E-state index in [-0.39, 0.29) is 47.4 Å². The van der Waals surface area contributed by atoms with Crippen molar-refractivity contribution in [1.29, 1.82) is 0 Å². The van der Waals surface area contributed by atoms with Crippen LogP contribution in [0.1, 0.15) is 79.4 Å². The molecule has 0 unspecified atom stereocenters. The van der Waals surface area contributed by atoms with Gasteiger partial charge in [0.25, 0.3) is 5.91 Å². The number of amides is 1. The van der Waals surface area contributed by atoms with E-state index in [1.165, 1.54) is 0 Å². The summed E-state index contributed by atoms with van der Waals surface area (Å²) >= 11 is 12.0. The molecule has 3 atom stereocenters. The Balaban J connectivity index is 2.03. The zero-order chi connectivity index (χ0) is 32.5. The van der Waals surface area contributed by atoms with E-state index < -0.39 is 71.7 Å². The number of halogens is 8. The summed E-state index contributed by atoms with van der Waals surface area (Å²) in [6, 6.07) is -0.866. The standard InChI is InChI=1S/C27H30Cl2F6N4O4/c1-5-43-24(42)16-7-6-15(8-14(16)2)39-22(26(30,31)32)17(9-37-39)23(41)38(13-25(3,4)27(33,34)35)12-20(40)21-18(28)10-36-11-19(21)29/h9-11,14-16H,5-8,12-13H2,1-4H3/t14-,15-,16-/m0/s1. The molecular weight excluding hydrogens is 629 g/mol. The molecule has 8 nitrogen and oxygen atoms in total. The quantitative estimate of drug-likeness (QED) is 0.163. The van der Waals surface area contributed by atoms with Gasteiger partial charge in [0.05, 0.1) is 57.9 Å². The molecule has 16 heteroatoms. The smallest absolute Gasteiger partial charge is 0.433 e. The first-order valence-electron chi connectivity index (χ1n) is 13.3. The van der Waals surface area contributed by atoms with Gasteiger partial charge >= 0.3 is 18.3 Å². The second-order valence-electron chi connectivity index (χ2n) is 11.1. The van der Waals surface area contributed by atoms with Crippen molar-refractivity contribution in [2.24, 2.45) is 17.3 Å². The van der Waals surface area contributed by atoms with Crippen molar-refractivity contribution in [2.75, 3.05) is 19.7 Å². The maximum absolute atomic E-state index is 14.5. The zero-order valence-electron chi connectivity index (χ0n) is 23.7. The molecule has 0 radical (unpaired) electrons. The van der Waals surface area contributed by atoms with E-state index in [0.29, 0.717) is 15.8 Å². The van der Waals surface area contributed by atoms with Crippen molar-refractivity contribution in [3.05, 3.63) is 45.5 Å². The molecule has 0 aliphatic heterocycles. The van der Waals surface area contributed by atoms with E-state index in [9.17, 15) is 40.7 Å². The first-order chi connectivity index (χ1) is 19.8. The van der Waals surface area contributed by atoms with Crippen molar-refractivity contribution in [3.8, 4) is 0 Å². The van der Waals surface area contributed by atoms with Gasteiger partial charge in [-0.3, -0.25) is 24.0 Å². The van der Waals surface area contributed by atoms with Gasteiger partial charge in [-0.15, -0.1) is 0 Å². The molecule has 3 rings (SSSR count). The SMILES string of the molecule is CCOC(=O)[C@H]1CC[C@H](n2ncc(C(=O)N(CC(=O)c3c(Cl)cncc3Cl)CC(C)(C)C(F)(F)F)c2C(F)(F)F)C[C@@H]1C. The number of rotatable bonds is 9. The molecule has 238 valence electrons. The fourth-order valence-corrected chi connectivity index (χ4v) is 5.71. The van der Waals surface area contributed by atoms with Gasteiger partial charge in [-0.2, -0.15) is 31.4 Å².